The van der Waals surface area contributed by atoms with Gasteiger partial charge >= 0.3 is 0 Å². The van der Waals surface area contributed by atoms with E-state index in [1.165, 1.54) is 11.8 Å². The van der Waals surface area contributed by atoms with Crippen LogP contribution in [-0.4, -0.2) is 31.8 Å². The molecule has 0 bridgehead atoms. The molecule has 0 amide bonds. The van der Waals surface area contributed by atoms with E-state index in [1.54, 1.807) is 13.2 Å². The molecule has 3 heterocycles. The highest BCUT2D eigenvalue weighted by atomic mass is 32.2. The molecular formula is C23H21N5O3S. The van der Waals surface area contributed by atoms with Gasteiger partial charge in [-0.1, -0.05) is 36.0 Å². The van der Waals surface area contributed by atoms with Gasteiger partial charge in [-0.3, -0.25) is 9.36 Å². The normalized spacial score (nSPS) is 12.5. The van der Waals surface area contributed by atoms with Gasteiger partial charge in [-0.15, -0.1) is 10.2 Å². The number of H-pyrrole nitrogens is 1. The summed E-state index contributed by atoms with van der Waals surface area (Å²) in [4.78, 5) is 20.0. The Morgan fingerprint density at radius 3 is 2.84 bits per heavy atom. The van der Waals surface area contributed by atoms with Crippen LogP contribution in [0.1, 0.15) is 24.9 Å². The van der Waals surface area contributed by atoms with Gasteiger partial charge in [0.1, 0.15) is 5.82 Å². The molecule has 0 spiro atoms. The summed E-state index contributed by atoms with van der Waals surface area (Å²) in [5.41, 5.74) is 1.20. The van der Waals surface area contributed by atoms with E-state index in [4.69, 9.17) is 9.15 Å². The van der Waals surface area contributed by atoms with Crippen molar-refractivity contribution < 1.29 is 9.15 Å². The lowest BCUT2D eigenvalue weighted by atomic mass is 10.2. The fourth-order valence-corrected chi connectivity index (χ4v) is 4.63. The van der Waals surface area contributed by atoms with Crippen LogP contribution in [0.25, 0.3) is 33.5 Å². The summed E-state index contributed by atoms with van der Waals surface area (Å²) < 4.78 is 13.5. The Bertz CT molecular complexity index is 1490. The Morgan fingerprint density at radius 1 is 1.19 bits per heavy atom. The van der Waals surface area contributed by atoms with Crippen LogP contribution in [0.15, 0.2) is 62.9 Å². The molecule has 0 fully saturated rings. The number of fused-ring (bicyclic) bond motifs is 2. The van der Waals surface area contributed by atoms with E-state index in [1.807, 2.05) is 60.9 Å². The second kappa shape index (κ2) is 8.16. The van der Waals surface area contributed by atoms with Crippen molar-refractivity contribution in [3.05, 3.63) is 64.7 Å². The molecule has 1 atom stereocenters. The predicted molar refractivity (Wildman–Crippen MR) is 124 cm³/mol. The van der Waals surface area contributed by atoms with Crippen LogP contribution < -0.4 is 10.3 Å². The van der Waals surface area contributed by atoms with E-state index in [9.17, 15) is 4.79 Å². The molecule has 0 aliphatic rings. The van der Waals surface area contributed by atoms with Crippen molar-refractivity contribution in [2.24, 2.45) is 0 Å². The summed E-state index contributed by atoms with van der Waals surface area (Å²) in [6.45, 7) is 4.67. The third kappa shape index (κ3) is 3.44. The molecule has 8 nitrogen and oxygen atoms in total. The smallest absolute Gasteiger partial charge is 0.258 e. The summed E-state index contributed by atoms with van der Waals surface area (Å²) in [5, 5.41) is 10.9. The summed E-state index contributed by atoms with van der Waals surface area (Å²) in [6.07, 6.45) is 0. The number of rotatable bonds is 6. The molecule has 0 saturated carbocycles. The van der Waals surface area contributed by atoms with Crippen molar-refractivity contribution in [2.75, 3.05) is 7.11 Å². The minimum atomic E-state index is -0.146. The lowest BCUT2D eigenvalue weighted by Gasteiger charge is -2.12. The van der Waals surface area contributed by atoms with Gasteiger partial charge < -0.3 is 14.1 Å². The Balaban J connectivity index is 1.49. The van der Waals surface area contributed by atoms with Crippen molar-refractivity contribution in [3.63, 3.8) is 0 Å². The largest absolute Gasteiger partial charge is 0.493 e. The van der Waals surface area contributed by atoms with Crippen LogP contribution in [0.5, 0.6) is 5.75 Å². The molecule has 5 rings (SSSR count). The first-order valence-electron chi connectivity index (χ1n) is 10.2. The highest BCUT2D eigenvalue weighted by molar-refractivity contribution is 7.99. The molecular weight excluding hydrogens is 426 g/mol. The van der Waals surface area contributed by atoms with Gasteiger partial charge in [-0.25, -0.2) is 4.98 Å². The molecule has 162 valence electrons. The molecule has 0 aliphatic carbocycles. The van der Waals surface area contributed by atoms with Crippen molar-refractivity contribution >= 4 is 33.6 Å². The number of ether oxygens (including phenoxy) is 1. The zero-order chi connectivity index (χ0) is 22.2. The highest BCUT2D eigenvalue weighted by Gasteiger charge is 2.21. The Kier molecular flexibility index (Phi) is 5.18. The summed E-state index contributed by atoms with van der Waals surface area (Å²) in [6, 6.07) is 15.0. The van der Waals surface area contributed by atoms with E-state index in [0.717, 1.165) is 10.5 Å². The van der Waals surface area contributed by atoms with Gasteiger partial charge in [-0.2, -0.15) is 0 Å². The summed E-state index contributed by atoms with van der Waals surface area (Å²) in [7, 11) is 1.62. The number of furan rings is 1. The number of benzene rings is 2. The third-order valence-corrected chi connectivity index (χ3v) is 6.37. The fourth-order valence-electron chi connectivity index (χ4n) is 3.66. The third-order valence-electron chi connectivity index (χ3n) is 5.28. The molecule has 32 heavy (non-hydrogen) atoms. The molecule has 9 heteroatoms. The molecule has 5 aromatic rings. The van der Waals surface area contributed by atoms with Crippen molar-refractivity contribution in [2.45, 2.75) is 30.8 Å². The number of nitrogens with one attached hydrogen (secondary N) is 1. The number of methoxy groups -OCH3 is 1. The zero-order valence-corrected chi connectivity index (χ0v) is 18.6. The van der Waals surface area contributed by atoms with Crippen molar-refractivity contribution in [1.82, 2.24) is 24.7 Å². The van der Waals surface area contributed by atoms with Gasteiger partial charge in [-0.05, 0) is 38.1 Å². The van der Waals surface area contributed by atoms with E-state index in [0.29, 0.717) is 46.2 Å². The van der Waals surface area contributed by atoms with Gasteiger partial charge in [0.05, 0.1) is 23.3 Å². The minimum Gasteiger partial charge on any atom is -0.493 e. The minimum absolute atomic E-state index is 0.134. The van der Waals surface area contributed by atoms with Crippen molar-refractivity contribution in [1.29, 1.82) is 0 Å². The van der Waals surface area contributed by atoms with E-state index in [-0.39, 0.29) is 10.8 Å². The topological polar surface area (TPSA) is 98.8 Å². The quantitative estimate of drug-likeness (QED) is 0.373. The SMILES string of the molecule is CCn1c(S[C@H](C)c2nc3ccccc3c(=O)[nH]2)nnc1-c1cc2cccc(OC)c2o1. The van der Waals surface area contributed by atoms with Crippen molar-refractivity contribution in [3.8, 4) is 17.3 Å². The maximum atomic E-state index is 12.4. The number of hydrogen-bond donors (Lipinski definition) is 1. The lowest BCUT2D eigenvalue weighted by Crippen LogP contribution is -2.13. The second-order valence-electron chi connectivity index (χ2n) is 7.27. The average Bonchev–Trinajstić information content (AvgIpc) is 3.42. The second-order valence-corrected chi connectivity index (χ2v) is 8.58. The Morgan fingerprint density at radius 2 is 2.03 bits per heavy atom. The first kappa shape index (κ1) is 20.3. The Hall–Kier alpha value is -3.59. The van der Waals surface area contributed by atoms with Gasteiger partial charge in [0.25, 0.3) is 5.56 Å². The van der Waals surface area contributed by atoms with Gasteiger partial charge in [0, 0.05) is 11.9 Å². The predicted octanol–water partition coefficient (Wildman–Crippen LogP) is 4.81. The maximum absolute atomic E-state index is 12.4. The zero-order valence-electron chi connectivity index (χ0n) is 17.8. The van der Waals surface area contributed by atoms with Gasteiger partial charge in [0.15, 0.2) is 22.2 Å². The number of nitrogens with zero attached hydrogens (tertiary/aromatic N) is 4. The molecule has 1 N–H and O–H groups in total. The molecule has 0 unspecified atom stereocenters. The van der Waals surface area contributed by atoms with Crippen LogP contribution >= 0.6 is 11.8 Å². The molecule has 2 aromatic carbocycles. The van der Waals surface area contributed by atoms with Gasteiger partial charge in [0.2, 0.25) is 5.82 Å². The summed E-state index contributed by atoms with van der Waals surface area (Å²) in [5.74, 6) is 2.53. The lowest BCUT2D eigenvalue weighted by molar-refractivity contribution is 0.410. The number of para-hydroxylation sites is 2. The maximum Gasteiger partial charge on any atom is 0.258 e. The fraction of sp³-hybridized carbons (Fsp3) is 0.217. The van der Waals surface area contributed by atoms with E-state index in [2.05, 4.69) is 20.2 Å². The van der Waals surface area contributed by atoms with E-state index >= 15 is 0 Å². The number of hydrogen-bond acceptors (Lipinski definition) is 7. The monoisotopic (exact) mass is 447 g/mol. The molecule has 0 radical (unpaired) electrons. The van der Waals surface area contributed by atoms with Crippen LogP contribution in [0, 0.1) is 0 Å². The van der Waals surface area contributed by atoms with Crippen LogP contribution in [0.4, 0.5) is 0 Å². The molecule has 0 aliphatic heterocycles. The first-order valence-corrected chi connectivity index (χ1v) is 11.1. The first-order chi connectivity index (χ1) is 15.6. The van der Waals surface area contributed by atoms with Crippen LogP contribution in [0.2, 0.25) is 0 Å². The van der Waals surface area contributed by atoms with Crippen LogP contribution in [0.3, 0.4) is 0 Å². The standard InChI is InChI=1S/C23H21N5O3S/c1-4-28-21(18-12-14-8-7-11-17(30-3)19(14)31-18)26-27-23(28)32-13(2)20-24-16-10-6-5-9-15(16)22(29)25-20/h5-13H,4H2,1-3H3,(H,24,25,29)/t13-/m1/s1. The number of aromatic nitrogens is 5. The van der Waals surface area contributed by atoms with Crippen LogP contribution in [-0.2, 0) is 6.54 Å². The average molecular weight is 448 g/mol. The molecule has 3 aromatic heterocycles. The van der Waals surface area contributed by atoms with E-state index < -0.39 is 0 Å². The Labute approximate surface area is 187 Å². The molecule has 0 saturated heterocycles. The summed E-state index contributed by atoms with van der Waals surface area (Å²) >= 11 is 1.49. The number of aromatic amines is 1. The number of thioether (sulfide) groups is 1. The highest BCUT2D eigenvalue weighted by Crippen LogP contribution is 2.36.